The van der Waals surface area contributed by atoms with Crippen LogP contribution in [-0.4, -0.2) is 40.6 Å². The summed E-state index contributed by atoms with van der Waals surface area (Å²) in [5, 5.41) is 13.0. The van der Waals surface area contributed by atoms with E-state index in [4.69, 9.17) is 4.99 Å². The Morgan fingerprint density at radius 1 is 1.19 bits per heavy atom. The van der Waals surface area contributed by atoms with Crippen LogP contribution < -0.4 is 5.32 Å². The fraction of sp³-hybridized carbons (Fsp3) is 0.385. The molecule has 0 atom stereocenters. The molecule has 0 bridgehead atoms. The van der Waals surface area contributed by atoms with Crippen molar-refractivity contribution in [3.05, 3.63) is 65.7 Å². The summed E-state index contributed by atoms with van der Waals surface area (Å²) in [5.74, 6) is 0.432. The molecule has 1 fully saturated rings. The minimum absolute atomic E-state index is 0.209. The van der Waals surface area contributed by atoms with E-state index in [0.29, 0.717) is 31.8 Å². The number of amides is 2. The second-order valence-corrected chi connectivity index (χ2v) is 8.58. The average molecular weight is 420 g/mol. The predicted molar refractivity (Wildman–Crippen MR) is 128 cm³/mol. The Kier molecular flexibility index (Phi) is 6.96. The largest absolute Gasteiger partial charge is 0.390 e. The highest BCUT2D eigenvalue weighted by molar-refractivity contribution is 6.05. The van der Waals surface area contributed by atoms with E-state index in [1.165, 1.54) is 5.56 Å². The van der Waals surface area contributed by atoms with Crippen molar-refractivity contribution in [1.82, 2.24) is 10.2 Å². The van der Waals surface area contributed by atoms with E-state index in [1.807, 2.05) is 6.92 Å². The third-order valence-corrected chi connectivity index (χ3v) is 6.05. The Hall–Kier alpha value is -2.92. The van der Waals surface area contributed by atoms with Crippen molar-refractivity contribution in [2.45, 2.75) is 52.6 Å². The van der Waals surface area contributed by atoms with E-state index in [-0.39, 0.29) is 6.03 Å². The number of carbonyl (C=O) groups is 1. The first-order valence-electron chi connectivity index (χ1n) is 10.9. The number of aryl methyl sites for hydroxylation is 2. The number of aliphatic hydroxyl groups is 1. The molecule has 0 aromatic heterocycles. The number of rotatable bonds is 4. The molecule has 5 nitrogen and oxygen atoms in total. The van der Waals surface area contributed by atoms with Gasteiger partial charge in [-0.25, -0.2) is 9.79 Å². The summed E-state index contributed by atoms with van der Waals surface area (Å²) in [5.41, 5.74) is 5.87. The van der Waals surface area contributed by atoms with Gasteiger partial charge >= 0.3 is 6.03 Å². The van der Waals surface area contributed by atoms with Crippen molar-refractivity contribution in [3.8, 4) is 11.1 Å². The zero-order valence-corrected chi connectivity index (χ0v) is 19.0. The first-order valence-corrected chi connectivity index (χ1v) is 10.9. The van der Waals surface area contributed by atoms with Gasteiger partial charge in [0, 0.05) is 13.1 Å². The zero-order chi connectivity index (χ0) is 22.6. The van der Waals surface area contributed by atoms with Crippen LogP contribution >= 0.6 is 0 Å². The molecule has 3 rings (SSSR count). The Bertz CT molecular complexity index is 980. The van der Waals surface area contributed by atoms with Crippen LogP contribution in [-0.2, 0) is 6.42 Å². The van der Waals surface area contributed by atoms with Gasteiger partial charge in [0.05, 0.1) is 11.3 Å². The van der Waals surface area contributed by atoms with Crippen molar-refractivity contribution < 1.29 is 9.90 Å². The van der Waals surface area contributed by atoms with Gasteiger partial charge in [0.2, 0.25) is 0 Å². The molecule has 1 aliphatic heterocycles. The molecule has 0 saturated carbocycles. The molecule has 164 valence electrons. The van der Waals surface area contributed by atoms with E-state index >= 15 is 0 Å². The summed E-state index contributed by atoms with van der Waals surface area (Å²) >= 11 is 0. The molecule has 0 unspecified atom stereocenters. The van der Waals surface area contributed by atoms with Crippen LogP contribution in [0.4, 0.5) is 10.5 Å². The number of carbonyl (C=O) groups excluding carboxylic acids is 1. The standard InChI is InChI=1S/C26H33N3O2/c1-6-20-12-13-22(21-10-8-18(3)9-11-21)19(4)24(20)27-23(7-2)28-25(30)29-16-14-26(5,31)15-17-29/h7-13,31H,2,6,14-17H2,1,3-5H3,(H,27,28,30). The van der Waals surface area contributed by atoms with Gasteiger partial charge < -0.3 is 10.0 Å². The topological polar surface area (TPSA) is 64.9 Å². The maximum atomic E-state index is 12.7. The molecule has 2 amide bonds. The van der Waals surface area contributed by atoms with Gasteiger partial charge in [-0.2, -0.15) is 0 Å². The molecule has 1 heterocycles. The van der Waals surface area contributed by atoms with Crippen LogP contribution in [0.2, 0.25) is 0 Å². The van der Waals surface area contributed by atoms with Gasteiger partial charge in [0.1, 0.15) is 5.84 Å². The van der Waals surface area contributed by atoms with Gasteiger partial charge in [-0.1, -0.05) is 55.5 Å². The Labute approximate surface area is 185 Å². The Morgan fingerprint density at radius 3 is 2.42 bits per heavy atom. The van der Waals surface area contributed by atoms with Crippen LogP contribution in [0.3, 0.4) is 0 Å². The molecule has 2 aromatic carbocycles. The molecule has 1 saturated heterocycles. The van der Waals surface area contributed by atoms with E-state index in [1.54, 1.807) is 11.0 Å². The highest BCUT2D eigenvalue weighted by atomic mass is 16.3. The number of benzene rings is 2. The smallest absolute Gasteiger partial charge is 0.323 e. The van der Waals surface area contributed by atoms with Gasteiger partial charge in [0.25, 0.3) is 0 Å². The molecule has 1 aliphatic rings. The number of likely N-dealkylation sites (tertiary alicyclic amines) is 1. The molecule has 31 heavy (non-hydrogen) atoms. The Morgan fingerprint density at radius 2 is 1.84 bits per heavy atom. The zero-order valence-electron chi connectivity index (χ0n) is 19.0. The van der Waals surface area contributed by atoms with Crippen LogP contribution in [0, 0.1) is 13.8 Å². The lowest BCUT2D eigenvalue weighted by atomic mass is 9.94. The summed E-state index contributed by atoms with van der Waals surface area (Å²) in [6.07, 6.45) is 3.56. The van der Waals surface area contributed by atoms with Gasteiger partial charge in [-0.3, -0.25) is 5.32 Å². The maximum absolute atomic E-state index is 12.7. The number of aliphatic imine (C=N–C) groups is 1. The van der Waals surface area contributed by atoms with Crippen molar-refractivity contribution >= 4 is 17.6 Å². The first kappa shape index (κ1) is 22.8. The number of amidine groups is 1. The number of hydrogen-bond acceptors (Lipinski definition) is 3. The fourth-order valence-electron chi connectivity index (χ4n) is 3.87. The molecule has 0 aliphatic carbocycles. The second kappa shape index (κ2) is 9.48. The summed E-state index contributed by atoms with van der Waals surface area (Å²) in [4.78, 5) is 19.3. The predicted octanol–water partition coefficient (Wildman–Crippen LogP) is 5.31. The Balaban J connectivity index is 1.88. The lowest BCUT2D eigenvalue weighted by Crippen LogP contribution is -2.49. The first-order chi connectivity index (χ1) is 14.7. The molecule has 0 radical (unpaired) electrons. The quantitative estimate of drug-likeness (QED) is 0.521. The molecule has 2 aromatic rings. The highest BCUT2D eigenvalue weighted by Crippen LogP contribution is 2.34. The van der Waals surface area contributed by atoms with E-state index in [2.05, 4.69) is 69.1 Å². The molecule has 5 heteroatoms. The second-order valence-electron chi connectivity index (χ2n) is 8.58. The van der Waals surface area contributed by atoms with Gasteiger partial charge in [0.15, 0.2) is 0 Å². The summed E-state index contributed by atoms with van der Waals surface area (Å²) in [6, 6.07) is 12.5. The van der Waals surface area contributed by atoms with E-state index in [0.717, 1.165) is 34.4 Å². The van der Waals surface area contributed by atoms with Crippen molar-refractivity contribution in [2.75, 3.05) is 13.1 Å². The number of urea groups is 1. The normalized spacial score (nSPS) is 16.2. The third kappa shape index (κ3) is 5.42. The monoisotopic (exact) mass is 419 g/mol. The molecule has 0 spiro atoms. The van der Waals surface area contributed by atoms with E-state index < -0.39 is 5.60 Å². The number of nitrogens with one attached hydrogen (secondary N) is 1. The summed E-state index contributed by atoms with van der Waals surface area (Å²) < 4.78 is 0. The van der Waals surface area contributed by atoms with Gasteiger partial charge in [-0.15, -0.1) is 0 Å². The minimum atomic E-state index is -0.699. The van der Waals surface area contributed by atoms with Crippen LogP contribution in [0.5, 0.6) is 0 Å². The number of hydrogen-bond donors (Lipinski definition) is 2. The van der Waals surface area contributed by atoms with Crippen LogP contribution in [0.25, 0.3) is 11.1 Å². The lowest BCUT2D eigenvalue weighted by Gasteiger charge is -2.35. The summed E-state index contributed by atoms with van der Waals surface area (Å²) in [7, 11) is 0. The van der Waals surface area contributed by atoms with Crippen molar-refractivity contribution in [2.24, 2.45) is 4.99 Å². The lowest BCUT2D eigenvalue weighted by molar-refractivity contribution is 0.00484. The maximum Gasteiger partial charge on any atom is 0.323 e. The molecular weight excluding hydrogens is 386 g/mol. The summed E-state index contributed by atoms with van der Waals surface area (Å²) in [6.45, 7) is 13.0. The molecular formula is C26H33N3O2. The number of piperidine rings is 1. The fourth-order valence-corrected chi connectivity index (χ4v) is 3.87. The minimum Gasteiger partial charge on any atom is -0.390 e. The van der Waals surface area contributed by atoms with Gasteiger partial charge in [-0.05, 0) is 68.4 Å². The third-order valence-electron chi connectivity index (χ3n) is 6.05. The van der Waals surface area contributed by atoms with E-state index in [9.17, 15) is 9.90 Å². The van der Waals surface area contributed by atoms with Crippen LogP contribution in [0.1, 0.15) is 43.4 Å². The van der Waals surface area contributed by atoms with Crippen molar-refractivity contribution in [3.63, 3.8) is 0 Å². The van der Waals surface area contributed by atoms with Crippen molar-refractivity contribution in [1.29, 1.82) is 0 Å². The van der Waals surface area contributed by atoms with Crippen LogP contribution in [0.15, 0.2) is 54.0 Å². The highest BCUT2D eigenvalue weighted by Gasteiger charge is 2.29. The molecule has 2 N–H and O–H groups in total. The average Bonchev–Trinajstić information content (AvgIpc) is 2.75. The SMILES string of the molecule is C=C/C(=N\c1c(CC)ccc(-c2ccc(C)cc2)c1C)NC(=O)N1CCC(C)(O)CC1. The number of nitrogens with zero attached hydrogens (tertiary/aromatic N) is 2.